The zero-order valence-electron chi connectivity index (χ0n) is 9.73. The lowest BCUT2D eigenvalue weighted by molar-refractivity contribution is -0.387. The third-order valence-corrected chi connectivity index (χ3v) is 4.09. The van der Waals surface area contributed by atoms with Crippen molar-refractivity contribution in [3.8, 4) is 0 Å². The highest BCUT2D eigenvalue weighted by atomic mass is 79.9. The van der Waals surface area contributed by atoms with Crippen LogP contribution in [0.3, 0.4) is 0 Å². The molecule has 100 valence electrons. The van der Waals surface area contributed by atoms with Gasteiger partial charge in [0, 0.05) is 24.0 Å². The van der Waals surface area contributed by atoms with Crippen LogP contribution in [0.2, 0.25) is 0 Å². The molecule has 0 unspecified atom stereocenters. The molecule has 1 aromatic heterocycles. The standard InChI is InChI=1S/C12H10BrFN2O2S/c13-12-4-2-9(19-12)7-15-6-8-1-3-11(16(17)18)10(14)5-8/h1-5,15H,6-7H2. The number of nitro benzene ring substituents is 1. The molecule has 2 aromatic rings. The summed E-state index contributed by atoms with van der Waals surface area (Å²) in [5, 5.41) is 13.6. The summed E-state index contributed by atoms with van der Waals surface area (Å²) in [5.74, 6) is -0.803. The number of nitrogens with zero attached hydrogens (tertiary/aromatic N) is 1. The average Bonchev–Trinajstić information content (AvgIpc) is 2.75. The molecule has 7 heteroatoms. The number of thiophene rings is 1. The van der Waals surface area contributed by atoms with E-state index in [1.165, 1.54) is 12.1 Å². The maximum Gasteiger partial charge on any atom is 0.304 e. The van der Waals surface area contributed by atoms with Crippen LogP contribution in [0.1, 0.15) is 10.4 Å². The maximum atomic E-state index is 13.4. The van der Waals surface area contributed by atoms with Crippen LogP contribution in [-0.2, 0) is 13.1 Å². The maximum absolute atomic E-state index is 13.4. The molecular weight excluding hydrogens is 335 g/mol. The van der Waals surface area contributed by atoms with E-state index in [0.717, 1.165) is 8.66 Å². The average molecular weight is 345 g/mol. The minimum atomic E-state index is -0.803. The normalized spacial score (nSPS) is 10.6. The highest BCUT2D eigenvalue weighted by Crippen LogP contribution is 2.22. The number of halogens is 2. The van der Waals surface area contributed by atoms with Gasteiger partial charge in [-0.1, -0.05) is 6.07 Å². The molecule has 0 fully saturated rings. The summed E-state index contributed by atoms with van der Waals surface area (Å²) in [5.41, 5.74) is 0.185. The van der Waals surface area contributed by atoms with E-state index in [4.69, 9.17) is 0 Å². The van der Waals surface area contributed by atoms with Gasteiger partial charge in [-0.3, -0.25) is 10.1 Å². The Hall–Kier alpha value is -1.31. The molecule has 19 heavy (non-hydrogen) atoms. The first-order chi connectivity index (χ1) is 9.06. The van der Waals surface area contributed by atoms with Gasteiger partial charge in [0.1, 0.15) is 0 Å². The number of nitrogens with one attached hydrogen (secondary N) is 1. The number of nitro groups is 1. The van der Waals surface area contributed by atoms with E-state index >= 15 is 0 Å². The van der Waals surface area contributed by atoms with Gasteiger partial charge in [-0.15, -0.1) is 11.3 Å². The second-order valence-electron chi connectivity index (χ2n) is 3.85. The van der Waals surface area contributed by atoms with Crippen molar-refractivity contribution < 1.29 is 9.31 Å². The summed E-state index contributed by atoms with van der Waals surface area (Å²) >= 11 is 5.00. The van der Waals surface area contributed by atoms with Crippen molar-refractivity contribution in [1.29, 1.82) is 0 Å². The highest BCUT2D eigenvalue weighted by Gasteiger charge is 2.13. The summed E-state index contributed by atoms with van der Waals surface area (Å²) in [4.78, 5) is 10.9. The summed E-state index contributed by atoms with van der Waals surface area (Å²) in [6.07, 6.45) is 0. The molecule has 0 aliphatic rings. The zero-order chi connectivity index (χ0) is 13.8. The molecule has 1 N–H and O–H groups in total. The minimum absolute atomic E-state index is 0.463. The SMILES string of the molecule is O=[N+]([O-])c1ccc(CNCc2ccc(Br)s2)cc1F. The first-order valence-corrected chi connectivity index (χ1v) is 7.05. The van der Waals surface area contributed by atoms with Gasteiger partial charge in [0.15, 0.2) is 0 Å². The van der Waals surface area contributed by atoms with E-state index in [1.54, 1.807) is 17.4 Å². The van der Waals surface area contributed by atoms with Gasteiger partial charge in [0.05, 0.1) is 8.71 Å². The Balaban J connectivity index is 1.93. The Bertz CT molecular complexity index is 603. The predicted molar refractivity (Wildman–Crippen MR) is 75.6 cm³/mol. The van der Waals surface area contributed by atoms with Gasteiger partial charge >= 0.3 is 5.69 Å². The highest BCUT2D eigenvalue weighted by molar-refractivity contribution is 9.11. The van der Waals surface area contributed by atoms with Crippen LogP contribution < -0.4 is 5.32 Å². The van der Waals surface area contributed by atoms with Crippen molar-refractivity contribution in [1.82, 2.24) is 5.32 Å². The van der Waals surface area contributed by atoms with E-state index in [0.29, 0.717) is 18.7 Å². The van der Waals surface area contributed by atoms with Crippen molar-refractivity contribution in [2.75, 3.05) is 0 Å². The van der Waals surface area contributed by atoms with Crippen LogP contribution in [0.5, 0.6) is 0 Å². The summed E-state index contributed by atoms with van der Waals surface area (Å²) in [6.45, 7) is 1.14. The van der Waals surface area contributed by atoms with E-state index in [9.17, 15) is 14.5 Å². The van der Waals surface area contributed by atoms with Crippen LogP contribution in [0, 0.1) is 15.9 Å². The van der Waals surface area contributed by atoms with Gasteiger partial charge in [-0.05, 0) is 39.7 Å². The molecular formula is C12H10BrFN2O2S. The zero-order valence-corrected chi connectivity index (χ0v) is 12.1. The summed E-state index contributed by atoms with van der Waals surface area (Å²) in [7, 11) is 0. The fourth-order valence-corrected chi connectivity index (χ4v) is 3.04. The van der Waals surface area contributed by atoms with Crippen molar-refractivity contribution >= 4 is 33.0 Å². The number of benzene rings is 1. The van der Waals surface area contributed by atoms with Crippen molar-refractivity contribution in [3.05, 3.63) is 60.5 Å². The molecule has 4 nitrogen and oxygen atoms in total. The topological polar surface area (TPSA) is 55.2 Å². The number of hydrogen-bond donors (Lipinski definition) is 1. The molecule has 1 aromatic carbocycles. The van der Waals surface area contributed by atoms with E-state index in [-0.39, 0.29) is 0 Å². The lowest BCUT2D eigenvalue weighted by Crippen LogP contribution is -2.12. The van der Waals surface area contributed by atoms with E-state index in [1.807, 2.05) is 12.1 Å². The van der Waals surface area contributed by atoms with Crippen LogP contribution in [0.4, 0.5) is 10.1 Å². The monoisotopic (exact) mass is 344 g/mol. The van der Waals surface area contributed by atoms with Gasteiger partial charge in [-0.25, -0.2) is 0 Å². The smallest absolute Gasteiger partial charge is 0.304 e. The molecule has 0 saturated heterocycles. The predicted octanol–water partition coefficient (Wildman–Crippen LogP) is 3.85. The second-order valence-corrected chi connectivity index (χ2v) is 6.40. The molecule has 0 saturated carbocycles. The van der Waals surface area contributed by atoms with Gasteiger partial charge in [0.2, 0.25) is 5.82 Å². The second kappa shape index (κ2) is 6.23. The van der Waals surface area contributed by atoms with Crippen LogP contribution in [0.15, 0.2) is 34.1 Å². The molecule has 0 bridgehead atoms. The van der Waals surface area contributed by atoms with Crippen molar-refractivity contribution in [3.63, 3.8) is 0 Å². The molecule has 0 aliphatic carbocycles. The van der Waals surface area contributed by atoms with Gasteiger partial charge < -0.3 is 5.32 Å². The third-order valence-electron chi connectivity index (χ3n) is 2.47. The first kappa shape index (κ1) is 14.1. The number of hydrogen-bond acceptors (Lipinski definition) is 4. The van der Waals surface area contributed by atoms with Gasteiger partial charge in [0.25, 0.3) is 0 Å². The summed E-state index contributed by atoms with van der Waals surface area (Å²) in [6, 6.07) is 7.90. The van der Waals surface area contributed by atoms with Crippen LogP contribution in [-0.4, -0.2) is 4.92 Å². The Morgan fingerprint density at radius 1 is 1.32 bits per heavy atom. The van der Waals surface area contributed by atoms with Gasteiger partial charge in [-0.2, -0.15) is 4.39 Å². The minimum Gasteiger partial charge on any atom is -0.308 e. The van der Waals surface area contributed by atoms with E-state index in [2.05, 4.69) is 21.2 Å². The fourth-order valence-electron chi connectivity index (χ4n) is 1.59. The molecule has 0 aliphatic heterocycles. The van der Waals surface area contributed by atoms with Crippen molar-refractivity contribution in [2.24, 2.45) is 0 Å². The quantitative estimate of drug-likeness (QED) is 0.662. The fraction of sp³-hybridized carbons (Fsp3) is 0.167. The van der Waals surface area contributed by atoms with Crippen molar-refractivity contribution in [2.45, 2.75) is 13.1 Å². The molecule has 0 spiro atoms. The summed E-state index contributed by atoms with van der Waals surface area (Å²) < 4.78 is 14.4. The molecule has 1 heterocycles. The van der Waals surface area contributed by atoms with Crippen LogP contribution >= 0.6 is 27.3 Å². The molecule has 0 atom stereocenters. The lowest BCUT2D eigenvalue weighted by Gasteiger charge is -2.03. The number of rotatable bonds is 5. The lowest BCUT2D eigenvalue weighted by atomic mass is 10.2. The van der Waals surface area contributed by atoms with Crippen LogP contribution in [0.25, 0.3) is 0 Å². The first-order valence-electron chi connectivity index (χ1n) is 5.44. The largest absolute Gasteiger partial charge is 0.308 e. The Morgan fingerprint density at radius 2 is 2.11 bits per heavy atom. The third kappa shape index (κ3) is 3.82. The Kier molecular flexibility index (Phi) is 4.62. The molecule has 0 radical (unpaired) electrons. The Morgan fingerprint density at radius 3 is 2.68 bits per heavy atom. The molecule has 2 rings (SSSR count). The Labute approximate surface area is 121 Å². The molecule has 0 amide bonds. The van der Waals surface area contributed by atoms with E-state index < -0.39 is 16.4 Å².